The molecule has 1 N–H and O–H groups in total. The predicted octanol–water partition coefficient (Wildman–Crippen LogP) is 3.64. The van der Waals surface area contributed by atoms with Crippen LogP contribution in [-0.4, -0.2) is 23.0 Å². The van der Waals surface area contributed by atoms with E-state index in [2.05, 4.69) is 34.1 Å². The number of fused-ring (bicyclic) bond motifs is 3. The highest BCUT2D eigenvalue weighted by Gasteiger charge is 2.53. The fourth-order valence-electron chi connectivity index (χ4n) is 5.13. The van der Waals surface area contributed by atoms with Crippen molar-refractivity contribution in [1.29, 1.82) is 0 Å². The zero-order valence-electron chi connectivity index (χ0n) is 11.3. The van der Waals surface area contributed by atoms with Crippen LogP contribution in [0.15, 0.2) is 24.3 Å². The van der Waals surface area contributed by atoms with Gasteiger partial charge < -0.3 is 4.98 Å². The van der Waals surface area contributed by atoms with Crippen LogP contribution < -0.4 is 0 Å². The summed E-state index contributed by atoms with van der Waals surface area (Å²) in [6.45, 7) is 2.63. The summed E-state index contributed by atoms with van der Waals surface area (Å²) >= 11 is 0. The summed E-state index contributed by atoms with van der Waals surface area (Å²) in [5.41, 5.74) is 5.13. The van der Waals surface area contributed by atoms with Crippen molar-refractivity contribution in [2.75, 3.05) is 13.1 Å². The Morgan fingerprint density at radius 2 is 2.05 bits per heavy atom. The fourth-order valence-corrected chi connectivity index (χ4v) is 5.13. The number of benzene rings is 1. The van der Waals surface area contributed by atoms with Crippen LogP contribution in [0.4, 0.5) is 0 Å². The summed E-state index contributed by atoms with van der Waals surface area (Å²) in [6.07, 6.45) is 6.94. The highest BCUT2D eigenvalue weighted by molar-refractivity contribution is 5.85. The molecule has 0 radical (unpaired) electrons. The molecule has 2 bridgehead atoms. The fraction of sp³-hybridized carbons (Fsp3) is 0.529. The van der Waals surface area contributed by atoms with Crippen LogP contribution in [0.3, 0.4) is 0 Å². The van der Waals surface area contributed by atoms with Crippen molar-refractivity contribution in [2.45, 2.75) is 38.1 Å². The maximum Gasteiger partial charge on any atom is 0.0459 e. The summed E-state index contributed by atoms with van der Waals surface area (Å²) in [5.74, 6) is 0. The first-order valence-corrected chi connectivity index (χ1v) is 7.71. The van der Waals surface area contributed by atoms with E-state index in [9.17, 15) is 0 Å². The van der Waals surface area contributed by atoms with E-state index in [1.165, 1.54) is 61.8 Å². The van der Waals surface area contributed by atoms with Gasteiger partial charge in [0.1, 0.15) is 0 Å². The number of piperidine rings is 1. The molecule has 5 rings (SSSR count). The van der Waals surface area contributed by atoms with Gasteiger partial charge in [-0.25, -0.2) is 0 Å². The number of hydrogen-bond donors (Lipinski definition) is 1. The van der Waals surface area contributed by atoms with E-state index >= 15 is 0 Å². The molecule has 3 heterocycles. The Kier molecular flexibility index (Phi) is 1.89. The molecule has 2 heteroatoms. The van der Waals surface area contributed by atoms with Crippen molar-refractivity contribution in [1.82, 2.24) is 9.88 Å². The van der Waals surface area contributed by atoms with Crippen molar-refractivity contribution >= 4 is 10.9 Å². The standard InChI is InChI=1S/C17H20N2/c1-2-5-13-12(4-1)15-14(18-13)6-8-17-7-3-10-19(11-9-17)16(15)17/h1-2,4-5,16,18H,3,6-11H2/t16-,17-/m0/s1. The van der Waals surface area contributed by atoms with E-state index in [1.807, 2.05) is 0 Å². The van der Waals surface area contributed by atoms with Gasteiger partial charge in [0, 0.05) is 22.6 Å². The Hall–Kier alpha value is -1.28. The number of H-pyrrole nitrogens is 1. The summed E-state index contributed by atoms with van der Waals surface area (Å²) in [4.78, 5) is 6.45. The summed E-state index contributed by atoms with van der Waals surface area (Å²) in [7, 11) is 0. The molecule has 2 aromatic rings. The first-order chi connectivity index (χ1) is 9.37. The molecule has 0 spiro atoms. The van der Waals surface area contributed by atoms with Crippen molar-refractivity contribution in [3.8, 4) is 0 Å². The normalized spacial score (nSPS) is 36.2. The van der Waals surface area contributed by atoms with Gasteiger partial charge in [-0.2, -0.15) is 0 Å². The molecular weight excluding hydrogens is 232 g/mol. The molecular formula is C17H20N2. The Labute approximate surface area is 113 Å². The van der Waals surface area contributed by atoms with Crippen LogP contribution in [0.1, 0.15) is 43.0 Å². The van der Waals surface area contributed by atoms with Crippen LogP contribution in [0.2, 0.25) is 0 Å². The molecule has 2 nitrogen and oxygen atoms in total. The van der Waals surface area contributed by atoms with E-state index < -0.39 is 0 Å². The number of nitrogens with zero attached hydrogens (tertiary/aromatic N) is 1. The smallest absolute Gasteiger partial charge is 0.0459 e. The molecule has 3 aliphatic rings. The maximum absolute atomic E-state index is 3.69. The molecule has 3 atom stereocenters. The topological polar surface area (TPSA) is 19.0 Å². The average Bonchev–Trinajstić information content (AvgIpc) is 2.92. The first-order valence-electron chi connectivity index (χ1n) is 7.71. The van der Waals surface area contributed by atoms with Gasteiger partial charge >= 0.3 is 0 Å². The van der Waals surface area contributed by atoms with Crippen molar-refractivity contribution in [2.24, 2.45) is 5.41 Å². The zero-order chi connectivity index (χ0) is 12.4. The van der Waals surface area contributed by atoms with Crippen LogP contribution in [0.5, 0.6) is 0 Å². The third kappa shape index (κ3) is 1.21. The van der Waals surface area contributed by atoms with Gasteiger partial charge in [0.25, 0.3) is 0 Å². The molecule has 1 aromatic carbocycles. The minimum absolute atomic E-state index is 0.607. The second kappa shape index (κ2) is 3.43. The number of rotatable bonds is 0. The number of aryl methyl sites for hydroxylation is 1. The quantitative estimate of drug-likeness (QED) is 0.758. The lowest BCUT2D eigenvalue weighted by Crippen LogP contribution is -2.40. The van der Waals surface area contributed by atoms with Gasteiger partial charge in [-0.3, -0.25) is 4.90 Å². The van der Waals surface area contributed by atoms with Gasteiger partial charge in [0.05, 0.1) is 0 Å². The molecule has 0 amide bonds. The molecule has 2 aliphatic heterocycles. The van der Waals surface area contributed by atoms with Crippen LogP contribution in [0, 0.1) is 5.41 Å². The molecule has 19 heavy (non-hydrogen) atoms. The Morgan fingerprint density at radius 3 is 3.05 bits per heavy atom. The van der Waals surface area contributed by atoms with E-state index in [4.69, 9.17) is 0 Å². The Morgan fingerprint density at radius 1 is 1.11 bits per heavy atom. The minimum Gasteiger partial charge on any atom is -0.358 e. The summed E-state index contributed by atoms with van der Waals surface area (Å²) in [6, 6.07) is 9.61. The summed E-state index contributed by atoms with van der Waals surface area (Å²) < 4.78 is 0. The number of para-hydroxylation sites is 1. The maximum atomic E-state index is 3.69. The Balaban J connectivity index is 1.80. The molecule has 98 valence electrons. The lowest BCUT2D eigenvalue weighted by molar-refractivity contribution is 0.0771. The van der Waals surface area contributed by atoms with Crippen molar-refractivity contribution in [3.05, 3.63) is 35.5 Å². The van der Waals surface area contributed by atoms with Gasteiger partial charge in [0.15, 0.2) is 0 Å². The number of hydrogen-bond acceptors (Lipinski definition) is 1. The second-order valence-electron chi connectivity index (χ2n) is 6.72. The van der Waals surface area contributed by atoms with Crippen LogP contribution in [0.25, 0.3) is 10.9 Å². The highest BCUT2D eigenvalue weighted by atomic mass is 15.2. The zero-order valence-corrected chi connectivity index (χ0v) is 11.3. The van der Waals surface area contributed by atoms with Crippen LogP contribution >= 0.6 is 0 Å². The average molecular weight is 252 g/mol. The molecule has 2 fully saturated rings. The SMILES string of the molecule is c1ccc2c3c([nH]c2c1)CC[C@@]12CCCN(CC1)[C@@H]32. The van der Waals surface area contributed by atoms with E-state index in [0.717, 1.165) is 0 Å². The Bertz CT molecular complexity index is 652. The number of aromatic nitrogens is 1. The number of aromatic amines is 1. The first kappa shape index (κ1) is 10.5. The third-order valence-corrected chi connectivity index (χ3v) is 5.94. The highest BCUT2D eigenvalue weighted by Crippen LogP contribution is 2.59. The van der Waals surface area contributed by atoms with Gasteiger partial charge in [0.2, 0.25) is 0 Å². The molecule has 1 unspecified atom stereocenters. The lowest BCUT2D eigenvalue weighted by Gasteiger charge is -2.46. The molecule has 2 saturated heterocycles. The largest absolute Gasteiger partial charge is 0.358 e. The van der Waals surface area contributed by atoms with Crippen molar-refractivity contribution < 1.29 is 0 Å². The van der Waals surface area contributed by atoms with E-state index in [0.29, 0.717) is 11.5 Å². The van der Waals surface area contributed by atoms with Crippen LogP contribution in [-0.2, 0) is 6.42 Å². The van der Waals surface area contributed by atoms with Gasteiger partial charge in [-0.15, -0.1) is 0 Å². The molecule has 1 aromatic heterocycles. The third-order valence-electron chi connectivity index (χ3n) is 5.94. The lowest BCUT2D eigenvalue weighted by atomic mass is 9.65. The minimum atomic E-state index is 0.607. The number of nitrogens with one attached hydrogen (secondary N) is 1. The van der Waals surface area contributed by atoms with E-state index in [1.54, 1.807) is 5.56 Å². The van der Waals surface area contributed by atoms with E-state index in [-0.39, 0.29) is 0 Å². The monoisotopic (exact) mass is 252 g/mol. The summed E-state index contributed by atoms with van der Waals surface area (Å²) in [5, 5.41) is 1.49. The molecule has 1 aliphatic carbocycles. The molecule has 0 saturated carbocycles. The van der Waals surface area contributed by atoms with Gasteiger partial charge in [-0.05, 0) is 62.2 Å². The predicted molar refractivity (Wildman–Crippen MR) is 77.2 cm³/mol. The van der Waals surface area contributed by atoms with Gasteiger partial charge in [-0.1, -0.05) is 18.2 Å². The van der Waals surface area contributed by atoms with Crippen molar-refractivity contribution in [3.63, 3.8) is 0 Å². The second-order valence-corrected chi connectivity index (χ2v) is 6.72.